The minimum Gasteiger partial charge on any atom is -0.493 e. The number of aromatic hydroxyl groups is 1. The fraction of sp³-hybridized carbons (Fsp3) is 0.438. The molecular formula is C16H21N7O3. The molecule has 0 aromatic carbocycles. The Morgan fingerprint density at radius 2 is 2.04 bits per heavy atom. The summed E-state index contributed by atoms with van der Waals surface area (Å²) >= 11 is 0. The van der Waals surface area contributed by atoms with E-state index in [1.165, 1.54) is 17.2 Å². The number of carbonyl (C=O) groups excluding carboxylic acids is 1. The Labute approximate surface area is 150 Å². The van der Waals surface area contributed by atoms with Gasteiger partial charge in [-0.2, -0.15) is 15.0 Å². The van der Waals surface area contributed by atoms with Crippen LogP contribution in [0.15, 0.2) is 18.3 Å². The largest absolute Gasteiger partial charge is 0.493 e. The van der Waals surface area contributed by atoms with E-state index >= 15 is 0 Å². The van der Waals surface area contributed by atoms with E-state index in [2.05, 4.69) is 25.3 Å². The first-order valence-electron chi connectivity index (χ1n) is 8.21. The third kappa shape index (κ3) is 4.33. The summed E-state index contributed by atoms with van der Waals surface area (Å²) in [6.07, 6.45) is 1.49. The summed E-state index contributed by atoms with van der Waals surface area (Å²) in [5.41, 5.74) is 0.640. The minimum absolute atomic E-state index is 0.0762. The van der Waals surface area contributed by atoms with Crippen LogP contribution in [0.3, 0.4) is 0 Å². The van der Waals surface area contributed by atoms with Crippen molar-refractivity contribution in [2.24, 2.45) is 0 Å². The van der Waals surface area contributed by atoms with Gasteiger partial charge in [-0.25, -0.2) is 4.98 Å². The van der Waals surface area contributed by atoms with Gasteiger partial charge in [0, 0.05) is 45.0 Å². The van der Waals surface area contributed by atoms with E-state index in [1.54, 1.807) is 20.2 Å². The van der Waals surface area contributed by atoms with E-state index in [-0.39, 0.29) is 18.3 Å². The number of carbonyl (C=O) groups is 1. The maximum absolute atomic E-state index is 11.8. The van der Waals surface area contributed by atoms with Crippen LogP contribution >= 0.6 is 0 Å². The van der Waals surface area contributed by atoms with Crippen LogP contribution in [0.4, 0.5) is 11.9 Å². The van der Waals surface area contributed by atoms with Crippen LogP contribution in [0.25, 0.3) is 11.4 Å². The fourth-order valence-electron chi connectivity index (χ4n) is 2.31. The molecular weight excluding hydrogens is 338 g/mol. The van der Waals surface area contributed by atoms with Gasteiger partial charge in [0.2, 0.25) is 23.7 Å². The summed E-state index contributed by atoms with van der Waals surface area (Å²) in [5, 5.41) is 12.3. The first-order valence-corrected chi connectivity index (χ1v) is 8.21. The maximum atomic E-state index is 11.8. The van der Waals surface area contributed by atoms with Crippen LogP contribution in [0.2, 0.25) is 0 Å². The molecule has 10 nitrogen and oxygen atoms in total. The Morgan fingerprint density at radius 3 is 2.69 bits per heavy atom. The molecule has 1 saturated heterocycles. The third-order valence-corrected chi connectivity index (χ3v) is 3.82. The number of rotatable bonds is 5. The Hall–Kier alpha value is -3.01. The average molecular weight is 359 g/mol. The lowest BCUT2D eigenvalue weighted by Gasteiger charge is -2.27. The zero-order valence-corrected chi connectivity index (χ0v) is 14.7. The van der Waals surface area contributed by atoms with Gasteiger partial charge in [0.1, 0.15) is 0 Å². The molecule has 1 aliphatic rings. The number of morpholine rings is 1. The Bertz CT molecular complexity index is 761. The molecule has 0 atom stereocenters. The number of hydrogen-bond donors (Lipinski definition) is 2. The van der Waals surface area contributed by atoms with Gasteiger partial charge in [-0.1, -0.05) is 0 Å². The molecule has 1 fully saturated rings. The first-order chi connectivity index (χ1) is 12.5. The monoisotopic (exact) mass is 359 g/mol. The highest BCUT2D eigenvalue weighted by Gasteiger charge is 2.18. The number of likely N-dealkylation sites (N-methyl/N-ethyl adjacent to an activating group) is 1. The highest BCUT2D eigenvalue weighted by Crippen LogP contribution is 2.21. The molecule has 0 saturated carbocycles. The van der Waals surface area contributed by atoms with Gasteiger partial charge in [0.25, 0.3) is 0 Å². The second-order valence-corrected chi connectivity index (χ2v) is 5.93. The van der Waals surface area contributed by atoms with Crippen LogP contribution in [0, 0.1) is 0 Å². The van der Waals surface area contributed by atoms with Gasteiger partial charge in [-0.15, -0.1) is 0 Å². The molecule has 3 rings (SSSR count). The van der Waals surface area contributed by atoms with Crippen molar-refractivity contribution < 1.29 is 14.6 Å². The molecule has 2 N–H and O–H groups in total. The third-order valence-electron chi connectivity index (χ3n) is 3.82. The summed E-state index contributed by atoms with van der Waals surface area (Å²) in [7, 11) is 3.37. The molecule has 2 aromatic heterocycles. The van der Waals surface area contributed by atoms with Crippen molar-refractivity contribution >= 4 is 17.8 Å². The van der Waals surface area contributed by atoms with Crippen molar-refractivity contribution in [3.8, 4) is 17.3 Å². The van der Waals surface area contributed by atoms with E-state index in [9.17, 15) is 9.90 Å². The lowest BCUT2D eigenvalue weighted by molar-refractivity contribution is -0.126. The highest BCUT2D eigenvalue weighted by molar-refractivity contribution is 5.79. The number of anilines is 2. The number of pyridine rings is 1. The van der Waals surface area contributed by atoms with Crippen LogP contribution in [-0.2, 0) is 9.53 Å². The van der Waals surface area contributed by atoms with Crippen molar-refractivity contribution in [1.82, 2.24) is 24.8 Å². The number of nitrogens with one attached hydrogen (secondary N) is 1. The number of ether oxygens (including phenoxy) is 1. The Kier molecular flexibility index (Phi) is 5.42. The summed E-state index contributed by atoms with van der Waals surface area (Å²) in [6.45, 7) is 2.63. The molecule has 138 valence electrons. The highest BCUT2D eigenvalue weighted by atomic mass is 16.5. The van der Waals surface area contributed by atoms with E-state index in [0.717, 1.165) is 0 Å². The molecule has 0 radical (unpaired) electrons. The number of nitrogens with zero attached hydrogens (tertiary/aromatic N) is 6. The molecule has 1 aliphatic heterocycles. The van der Waals surface area contributed by atoms with Crippen molar-refractivity contribution in [1.29, 1.82) is 0 Å². The Morgan fingerprint density at radius 1 is 1.27 bits per heavy atom. The van der Waals surface area contributed by atoms with Gasteiger partial charge < -0.3 is 25.0 Å². The quantitative estimate of drug-likeness (QED) is 0.759. The van der Waals surface area contributed by atoms with Crippen molar-refractivity contribution in [3.63, 3.8) is 0 Å². The molecule has 3 heterocycles. The van der Waals surface area contributed by atoms with E-state index < -0.39 is 0 Å². The lowest BCUT2D eigenvalue weighted by Crippen LogP contribution is -2.37. The average Bonchev–Trinajstić information content (AvgIpc) is 2.67. The molecule has 0 unspecified atom stereocenters. The van der Waals surface area contributed by atoms with Gasteiger partial charge in [-0.3, -0.25) is 4.79 Å². The molecule has 10 heteroatoms. The fourth-order valence-corrected chi connectivity index (χ4v) is 2.31. The normalized spacial score (nSPS) is 14.2. The van der Waals surface area contributed by atoms with Crippen LogP contribution < -0.4 is 10.2 Å². The van der Waals surface area contributed by atoms with Crippen LogP contribution in [-0.4, -0.2) is 82.8 Å². The van der Waals surface area contributed by atoms with Gasteiger partial charge in [0.05, 0.1) is 19.8 Å². The predicted molar refractivity (Wildman–Crippen MR) is 94.9 cm³/mol. The molecule has 1 amide bonds. The van der Waals surface area contributed by atoms with E-state index in [4.69, 9.17) is 4.74 Å². The number of amides is 1. The van der Waals surface area contributed by atoms with Gasteiger partial charge in [-0.05, 0) is 6.07 Å². The van der Waals surface area contributed by atoms with Crippen LogP contribution in [0.5, 0.6) is 5.88 Å². The molecule has 0 bridgehead atoms. The molecule has 26 heavy (non-hydrogen) atoms. The van der Waals surface area contributed by atoms with Crippen molar-refractivity contribution in [2.75, 3.05) is 57.2 Å². The van der Waals surface area contributed by atoms with E-state index in [0.29, 0.717) is 49.6 Å². The summed E-state index contributed by atoms with van der Waals surface area (Å²) in [4.78, 5) is 32.5. The van der Waals surface area contributed by atoms with Gasteiger partial charge in [0.15, 0.2) is 5.82 Å². The van der Waals surface area contributed by atoms with Crippen LogP contribution in [0.1, 0.15) is 0 Å². The maximum Gasteiger partial charge on any atom is 0.241 e. The predicted octanol–water partition coefficient (Wildman–Crippen LogP) is -0.0241. The number of hydrogen-bond acceptors (Lipinski definition) is 9. The second kappa shape index (κ2) is 7.91. The van der Waals surface area contributed by atoms with Crippen molar-refractivity contribution in [3.05, 3.63) is 18.3 Å². The lowest BCUT2D eigenvalue weighted by atomic mass is 10.2. The molecule has 0 aliphatic carbocycles. The topological polar surface area (TPSA) is 117 Å². The zero-order valence-electron chi connectivity index (χ0n) is 14.7. The standard InChI is InChI=1S/C16H21N7O3/c1-22(2)13(25)10-18-15-19-14(11-3-4-12(24)17-9-11)20-16(21-15)23-5-7-26-8-6-23/h3-4,9H,5-8,10H2,1-2H3,(H,17,24)(H,18,19,20,21). The minimum atomic E-state index is -0.0915. The Balaban J connectivity index is 1.90. The number of aromatic nitrogens is 4. The zero-order chi connectivity index (χ0) is 18.5. The smallest absolute Gasteiger partial charge is 0.241 e. The molecule has 2 aromatic rings. The van der Waals surface area contributed by atoms with Crippen molar-refractivity contribution in [2.45, 2.75) is 0 Å². The first kappa shape index (κ1) is 17.8. The summed E-state index contributed by atoms with van der Waals surface area (Å²) in [6, 6.07) is 3.14. The summed E-state index contributed by atoms with van der Waals surface area (Å²) < 4.78 is 5.37. The summed E-state index contributed by atoms with van der Waals surface area (Å²) in [5.74, 6) is 1.05. The van der Waals surface area contributed by atoms with E-state index in [1.807, 2.05) is 4.90 Å². The molecule has 0 spiro atoms. The second-order valence-electron chi connectivity index (χ2n) is 5.93. The SMILES string of the molecule is CN(C)C(=O)CNc1nc(-c2ccc(O)nc2)nc(N2CCOCC2)n1. The van der Waals surface area contributed by atoms with Gasteiger partial charge >= 0.3 is 0 Å².